The Balaban J connectivity index is 3.07. The van der Waals surface area contributed by atoms with Gasteiger partial charge in [0.05, 0.1) is 4.70 Å². The summed E-state index contributed by atoms with van der Waals surface area (Å²) in [6.07, 6.45) is 0. The van der Waals surface area contributed by atoms with Gasteiger partial charge in [-0.15, -0.1) is 0 Å². The van der Waals surface area contributed by atoms with Gasteiger partial charge in [-0.05, 0) is 12.5 Å². The first-order valence-corrected chi connectivity index (χ1v) is 4.21. The Morgan fingerprint density at radius 2 is 2.08 bits per heavy atom. The van der Waals surface area contributed by atoms with E-state index in [9.17, 15) is 9.59 Å². The summed E-state index contributed by atoms with van der Waals surface area (Å²) in [5.41, 5.74) is 1.17. The topological polar surface area (TPSA) is 65.7 Å². The molecule has 0 spiro atoms. The fraction of sp³-hybridized carbons (Fsp3) is 0.143. The number of hydrogen-bond donors (Lipinski definition) is 2. The summed E-state index contributed by atoms with van der Waals surface area (Å²) in [5.74, 6) is 0. The molecule has 0 bridgehead atoms. The lowest BCUT2D eigenvalue weighted by Crippen LogP contribution is -2.04. The largest absolute Gasteiger partial charge is 0.307 e. The van der Waals surface area contributed by atoms with Gasteiger partial charge in [-0.2, -0.15) is 0 Å². The molecule has 0 atom stereocenters. The smallest absolute Gasteiger partial charge is 0.306 e. The zero-order valence-electron chi connectivity index (χ0n) is 6.30. The molecule has 0 aliphatic heterocycles. The lowest BCUT2D eigenvalue weighted by molar-refractivity contribution is 1.22. The lowest BCUT2D eigenvalue weighted by Gasteiger charge is -1.90. The fourth-order valence-corrected chi connectivity index (χ4v) is 1.88. The number of aryl methyl sites for hydroxylation is 1. The van der Waals surface area contributed by atoms with Crippen molar-refractivity contribution in [3.05, 3.63) is 31.7 Å². The number of rotatable bonds is 0. The molecule has 12 heavy (non-hydrogen) atoms. The van der Waals surface area contributed by atoms with Gasteiger partial charge in [0.15, 0.2) is 0 Å². The Morgan fingerprint density at radius 3 is 2.83 bits per heavy atom. The third-order valence-corrected chi connectivity index (χ3v) is 2.62. The van der Waals surface area contributed by atoms with E-state index in [0.29, 0.717) is 5.65 Å². The summed E-state index contributed by atoms with van der Waals surface area (Å²) in [6, 6.07) is 1.48. The van der Waals surface area contributed by atoms with Crippen molar-refractivity contribution in [3.8, 4) is 0 Å². The van der Waals surface area contributed by atoms with Crippen LogP contribution in [0.15, 0.2) is 15.7 Å². The van der Waals surface area contributed by atoms with E-state index in [1.165, 1.54) is 6.07 Å². The molecular weight excluding hydrogens is 176 g/mol. The van der Waals surface area contributed by atoms with Gasteiger partial charge in [-0.1, -0.05) is 11.3 Å². The van der Waals surface area contributed by atoms with Crippen LogP contribution in [0.1, 0.15) is 5.56 Å². The van der Waals surface area contributed by atoms with Gasteiger partial charge >= 0.3 is 4.87 Å². The molecule has 2 heterocycles. The van der Waals surface area contributed by atoms with Gasteiger partial charge in [-0.3, -0.25) is 14.6 Å². The van der Waals surface area contributed by atoms with Gasteiger partial charge in [0, 0.05) is 6.07 Å². The molecule has 0 aromatic carbocycles. The van der Waals surface area contributed by atoms with Crippen LogP contribution in [0.4, 0.5) is 0 Å². The standard InChI is InChI=1S/C7H6N2O2S/c1-3-2-4(10)8-6-5(3)12-7(11)9-6/h2H,1H3,(H2,8,9,10,11). The van der Waals surface area contributed by atoms with Crippen LogP contribution in [0.2, 0.25) is 0 Å². The number of pyridine rings is 1. The third-order valence-electron chi connectivity index (χ3n) is 1.60. The fourth-order valence-electron chi connectivity index (χ4n) is 1.12. The quantitative estimate of drug-likeness (QED) is 0.626. The zero-order valence-corrected chi connectivity index (χ0v) is 7.12. The van der Waals surface area contributed by atoms with Crippen molar-refractivity contribution in [2.75, 3.05) is 0 Å². The van der Waals surface area contributed by atoms with Crippen LogP contribution in [0.25, 0.3) is 10.3 Å². The summed E-state index contributed by atoms with van der Waals surface area (Å²) < 4.78 is 0.819. The van der Waals surface area contributed by atoms with Crippen molar-refractivity contribution in [2.24, 2.45) is 0 Å². The molecule has 0 fully saturated rings. The van der Waals surface area contributed by atoms with E-state index in [-0.39, 0.29) is 10.4 Å². The van der Waals surface area contributed by atoms with E-state index in [0.717, 1.165) is 21.6 Å². The lowest BCUT2D eigenvalue weighted by atomic mass is 10.3. The molecular formula is C7H6N2O2S. The molecule has 0 aliphatic rings. The molecule has 0 amide bonds. The minimum absolute atomic E-state index is 0.144. The second-order valence-electron chi connectivity index (χ2n) is 2.54. The Kier molecular flexibility index (Phi) is 1.41. The summed E-state index contributed by atoms with van der Waals surface area (Å²) in [4.78, 5) is 26.8. The Bertz CT molecular complexity index is 534. The predicted octanol–water partition coefficient (Wildman–Crippen LogP) is 0.586. The van der Waals surface area contributed by atoms with Crippen molar-refractivity contribution in [1.29, 1.82) is 0 Å². The first-order valence-electron chi connectivity index (χ1n) is 3.39. The Hall–Kier alpha value is -1.36. The number of fused-ring (bicyclic) bond motifs is 1. The zero-order chi connectivity index (χ0) is 8.72. The highest BCUT2D eigenvalue weighted by Gasteiger charge is 2.02. The Labute approximate surface area is 70.9 Å². The van der Waals surface area contributed by atoms with E-state index >= 15 is 0 Å². The maximum absolute atomic E-state index is 10.9. The van der Waals surface area contributed by atoms with Crippen LogP contribution in [0.5, 0.6) is 0 Å². The average Bonchev–Trinajstić information content (AvgIpc) is 2.29. The molecule has 2 N–H and O–H groups in total. The summed E-state index contributed by atoms with van der Waals surface area (Å²) in [5, 5.41) is 0. The highest BCUT2D eigenvalue weighted by molar-refractivity contribution is 7.16. The average molecular weight is 182 g/mol. The first-order chi connectivity index (χ1) is 5.66. The van der Waals surface area contributed by atoms with Gasteiger partial charge in [0.2, 0.25) is 5.56 Å². The van der Waals surface area contributed by atoms with Gasteiger partial charge in [0.1, 0.15) is 5.65 Å². The van der Waals surface area contributed by atoms with Gasteiger partial charge in [-0.25, -0.2) is 0 Å². The molecule has 62 valence electrons. The number of aromatic nitrogens is 2. The molecule has 0 saturated carbocycles. The highest BCUT2D eigenvalue weighted by atomic mass is 32.1. The monoisotopic (exact) mass is 182 g/mol. The minimum atomic E-state index is -0.186. The van der Waals surface area contributed by atoms with Crippen molar-refractivity contribution in [2.45, 2.75) is 6.92 Å². The molecule has 0 unspecified atom stereocenters. The SMILES string of the molecule is Cc1cc(=O)[nH]c2[nH]c(=O)sc12. The molecule has 2 aromatic heterocycles. The van der Waals surface area contributed by atoms with Crippen molar-refractivity contribution >= 4 is 21.7 Å². The van der Waals surface area contributed by atoms with E-state index in [2.05, 4.69) is 9.97 Å². The van der Waals surface area contributed by atoms with Crippen LogP contribution < -0.4 is 10.4 Å². The van der Waals surface area contributed by atoms with Crippen molar-refractivity contribution < 1.29 is 0 Å². The summed E-state index contributed by atoms with van der Waals surface area (Å²) in [6.45, 7) is 1.81. The maximum atomic E-state index is 10.9. The van der Waals surface area contributed by atoms with E-state index in [4.69, 9.17) is 0 Å². The highest BCUT2D eigenvalue weighted by Crippen LogP contribution is 2.13. The van der Waals surface area contributed by atoms with E-state index in [1.54, 1.807) is 6.92 Å². The molecule has 5 heteroatoms. The van der Waals surface area contributed by atoms with Crippen LogP contribution in [0.3, 0.4) is 0 Å². The van der Waals surface area contributed by atoms with Crippen LogP contribution >= 0.6 is 11.3 Å². The normalized spacial score (nSPS) is 10.8. The first kappa shape index (κ1) is 7.30. The Morgan fingerprint density at radius 1 is 1.33 bits per heavy atom. The minimum Gasteiger partial charge on any atom is -0.307 e. The third kappa shape index (κ3) is 0.984. The maximum Gasteiger partial charge on any atom is 0.306 e. The van der Waals surface area contributed by atoms with Gasteiger partial charge < -0.3 is 4.98 Å². The second-order valence-corrected chi connectivity index (χ2v) is 3.52. The van der Waals surface area contributed by atoms with E-state index in [1.807, 2.05) is 0 Å². The predicted molar refractivity (Wildman–Crippen MR) is 47.8 cm³/mol. The number of nitrogens with one attached hydrogen (secondary N) is 2. The van der Waals surface area contributed by atoms with Crippen LogP contribution in [-0.2, 0) is 0 Å². The van der Waals surface area contributed by atoms with E-state index < -0.39 is 0 Å². The molecule has 2 rings (SSSR count). The number of aromatic amines is 2. The van der Waals surface area contributed by atoms with Crippen LogP contribution in [0, 0.1) is 6.92 Å². The molecule has 2 aromatic rings. The van der Waals surface area contributed by atoms with Crippen molar-refractivity contribution in [1.82, 2.24) is 9.97 Å². The van der Waals surface area contributed by atoms with Gasteiger partial charge in [0.25, 0.3) is 0 Å². The number of hydrogen-bond acceptors (Lipinski definition) is 3. The molecule has 0 saturated heterocycles. The number of thiazole rings is 1. The molecule has 0 radical (unpaired) electrons. The van der Waals surface area contributed by atoms with Crippen LogP contribution in [-0.4, -0.2) is 9.97 Å². The summed E-state index contributed by atoms with van der Waals surface area (Å²) in [7, 11) is 0. The summed E-state index contributed by atoms with van der Waals surface area (Å²) >= 11 is 1.11. The second kappa shape index (κ2) is 2.31. The number of H-pyrrole nitrogens is 2. The molecule has 0 aliphatic carbocycles. The molecule has 4 nitrogen and oxygen atoms in total. The van der Waals surface area contributed by atoms with Crippen molar-refractivity contribution in [3.63, 3.8) is 0 Å².